The summed E-state index contributed by atoms with van der Waals surface area (Å²) < 4.78 is 8.09. The first-order valence-corrected chi connectivity index (χ1v) is 9.77. The van der Waals surface area contributed by atoms with Gasteiger partial charge in [0.25, 0.3) is 0 Å². The molecule has 0 fully saturated rings. The fraction of sp³-hybridized carbons (Fsp3) is 0.524. The van der Waals surface area contributed by atoms with Crippen LogP contribution in [0.3, 0.4) is 0 Å². The van der Waals surface area contributed by atoms with Gasteiger partial charge in [0, 0.05) is 44.0 Å². The molecule has 7 heteroatoms. The van der Waals surface area contributed by atoms with Crippen LogP contribution in [-0.4, -0.2) is 34.4 Å². The number of fused-ring (bicyclic) bond motifs is 1. The van der Waals surface area contributed by atoms with E-state index in [9.17, 15) is 0 Å². The first kappa shape index (κ1) is 22.5. The number of guanidine groups is 1. The van der Waals surface area contributed by atoms with Gasteiger partial charge in [-0.1, -0.05) is 25.1 Å². The van der Waals surface area contributed by atoms with Gasteiger partial charge in [-0.25, -0.2) is 0 Å². The molecule has 2 atom stereocenters. The van der Waals surface area contributed by atoms with Crippen LogP contribution in [0.5, 0.6) is 5.75 Å². The Morgan fingerprint density at radius 2 is 2.14 bits per heavy atom. The molecule has 2 unspecified atom stereocenters. The lowest BCUT2D eigenvalue weighted by atomic mass is 9.90. The molecule has 6 nitrogen and oxygen atoms in total. The predicted octanol–water partition coefficient (Wildman–Crippen LogP) is 3.99. The molecule has 0 spiro atoms. The van der Waals surface area contributed by atoms with E-state index in [0.29, 0.717) is 5.92 Å². The predicted molar refractivity (Wildman–Crippen MR) is 124 cm³/mol. The molecule has 0 saturated heterocycles. The molecule has 2 aromatic rings. The Morgan fingerprint density at radius 3 is 2.86 bits per heavy atom. The SMILES string of the molecule is CCNC(=NCC(C)Cn1cccn1)NC1CC(C)(C)Oc2ccccc21.I. The average molecular weight is 497 g/mol. The van der Waals surface area contributed by atoms with Gasteiger partial charge in [0.2, 0.25) is 0 Å². The Kier molecular flexibility index (Phi) is 8.15. The third-order valence-electron chi connectivity index (χ3n) is 4.65. The average Bonchev–Trinajstić information content (AvgIpc) is 3.12. The van der Waals surface area contributed by atoms with Crippen LogP contribution in [0.15, 0.2) is 47.7 Å². The number of aromatic nitrogens is 2. The molecule has 154 valence electrons. The van der Waals surface area contributed by atoms with Gasteiger partial charge in [0.15, 0.2) is 5.96 Å². The van der Waals surface area contributed by atoms with Gasteiger partial charge in [-0.2, -0.15) is 5.10 Å². The minimum absolute atomic E-state index is 0. The van der Waals surface area contributed by atoms with Gasteiger partial charge >= 0.3 is 0 Å². The van der Waals surface area contributed by atoms with Crippen molar-refractivity contribution in [2.75, 3.05) is 13.1 Å². The van der Waals surface area contributed by atoms with Crippen LogP contribution in [0.1, 0.15) is 45.7 Å². The van der Waals surface area contributed by atoms with E-state index in [-0.39, 0.29) is 35.6 Å². The molecule has 1 aliphatic rings. The van der Waals surface area contributed by atoms with Crippen LogP contribution < -0.4 is 15.4 Å². The lowest BCUT2D eigenvalue weighted by molar-refractivity contribution is 0.0694. The summed E-state index contributed by atoms with van der Waals surface area (Å²) in [5.74, 6) is 2.20. The van der Waals surface area contributed by atoms with Crippen molar-refractivity contribution in [2.24, 2.45) is 10.9 Å². The second-order valence-electron chi connectivity index (χ2n) is 7.85. The largest absolute Gasteiger partial charge is 0.487 e. The maximum Gasteiger partial charge on any atom is 0.191 e. The highest BCUT2D eigenvalue weighted by Crippen LogP contribution is 2.39. The van der Waals surface area contributed by atoms with Gasteiger partial charge in [0.1, 0.15) is 11.4 Å². The van der Waals surface area contributed by atoms with Crippen LogP contribution in [-0.2, 0) is 6.54 Å². The zero-order valence-electron chi connectivity index (χ0n) is 17.2. The Labute approximate surface area is 185 Å². The molecule has 1 aliphatic heterocycles. The number of aliphatic imine (C=N–C) groups is 1. The second-order valence-corrected chi connectivity index (χ2v) is 7.85. The lowest BCUT2D eigenvalue weighted by Crippen LogP contribution is -2.45. The van der Waals surface area contributed by atoms with Crippen molar-refractivity contribution in [2.45, 2.75) is 52.3 Å². The highest BCUT2D eigenvalue weighted by molar-refractivity contribution is 14.0. The number of nitrogens with zero attached hydrogens (tertiary/aromatic N) is 3. The van der Waals surface area contributed by atoms with Gasteiger partial charge < -0.3 is 15.4 Å². The molecular formula is C21H32IN5O. The number of para-hydroxylation sites is 1. The van der Waals surface area contributed by atoms with Crippen molar-refractivity contribution in [3.8, 4) is 5.75 Å². The van der Waals surface area contributed by atoms with E-state index in [1.165, 1.54) is 5.56 Å². The van der Waals surface area contributed by atoms with Crippen LogP contribution in [0.4, 0.5) is 0 Å². The molecule has 2 heterocycles. The van der Waals surface area contributed by atoms with Crippen molar-refractivity contribution < 1.29 is 4.74 Å². The summed E-state index contributed by atoms with van der Waals surface area (Å²) in [5, 5.41) is 11.3. The molecule has 0 bridgehead atoms. The van der Waals surface area contributed by atoms with Crippen molar-refractivity contribution in [3.05, 3.63) is 48.3 Å². The molecule has 0 saturated carbocycles. The number of hydrogen-bond acceptors (Lipinski definition) is 3. The normalized spacial score (nSPS) is 19.0. The summed E-state index contributed by atoms with van der Waals surface area (Å²) in [6.07, 6.45) is 4.69. The summed E-state index contributed by atoms with van der Waals surface area (Å²) in [5.41, 5.74) is 0.975. The number of hydrogen-bond donors (Lipinski definition) is 2. The van der Waals surface area contributed by atoms with E-state index < -0.39 is 0 Å². The zero-order valence-corrected chi connectivity index (χ0v) is 19.5. The fourth-order valence-corrected chi connectivity index (χ4v) is 3.45. The maximum atomic E-state index is 6.14. The molecular weight excluding hydrogens is 465 g/mol. The molecule has 1 aromatic heterocycles. The highest BCUT2D eigenvalue weighted by atomic mass is 127. The summed E-state index contributed by atoms with van der Waals surface area (Å²) in [6, 6.07) is 10.4. The Balaban J connectivity index is 0.00000280. The van der Waals surface area contributed by atoms with Crippen molar-refractivity contribution in [3.63, 3.8) is 0 Å². The monoisotopic (exact) mass is 497 g/mol. The summed E-state index contributed by atoms with van der Waals surface area (Å²) >= 11 is 0. The van der Waals surface area contributed by atoms with E-state index in [2.05, 4.69) is 55.6 Å². The number of ether oxygens (including phenoxy) is 1. The number of benzene rings is 1. The summed E-state index contributed by atoms with van der Waals surface area (Å²) in [4.78, 5) is 4.82. The molecule has 0 amide bonds. The molecule has 3 rings (SSSR count). The number of rotatable bonds is 6. The Hall–Kier alpha value is -1.77. The topological polar surface area (TPSA) is 63.5 Å². The summed E-state index contributed by atoms with van der Waals surface area (Å²) in [7, 11) is 0. The molecule has 0 radical (unpaired) electrons. The van der Waals surface area contributed by atoms with Gasteiger partial charge in [-0.3, -0.25) is 9.67 Å². The van der Waals surface area contributed by atoms with E-state index in [0.717, 1.165) is 37.8 Å². The summed E-state index contributed by atoms with van der Waals surface area (Å²) in [6.45, 7) is 11.0. The minimum Gasteiger partial charge on any atom is -0.487 e. The van der Waals surface area contributed by atoms with Crippen molar-refractivity contribution in [1.82, 2.24) is 20.4 Å². The molecule has 0 aliphatic carbocycles. The van der Waals surface area contributed by atoms with E-state index in [4.69, 9.17) is 9.73 Å². The second kappa shape index (κ2) is 10.1. The third-order valence-corrected chi connectivity index (χ3v) is 4.65. The van der Waals surface area contributed by atoms with Gasteiger partial charge in [-0.15, -0.1) is 24.0 Å². The zero-order chi connectivity index (χ0) is 19.3. The third kappa shape index (κ3) is 6.12. The van der Waals surface area contributed by atoms with E-state index >= 15 is 0 Å². The van der Waals surface area contributed by atoms with Gasteiger partial charge in [0.05, 0.1) is 6.04 Å². The lowest BCUT2D eigenvalue weighted by Gasteiger charge is -2.38. The number of halogens is 1. The quantitative estimate of drug-likeness (QED) is 0.360. The molecule has 2 N–H and O–H groups in total. The standard InChI is InChI=1S/C21H31N5O.HI/c1-5-22-20(23-14-16(2)15-26-12-8-11-24-26)25-18-13-21(3,4)27-19-10-7-6-9-17(18)19;/h6-12,16,18H,5,13-15H2,1-4H3,(H2,22,23,25);1H. The van der Waals surface area contributed by atoms with Crippen LogP contribution >= 0.6 is 24.0 Å². The van der Waals surface area contributed by atoms with Crippen molar-refractivity contribution in [1.29, 1.82) is 0 Å². The number of nitrogens with one attached hydrogen (secondary N) is 2. The van der Waals surface area contributed by atoms with Crippen LogP contribution in [0.25, 0.3) is 0 Å². The van der Waals surface area contributed by atoms with E-state index in [1.807, 2.05) is 35.3 Å². The first-order chi connectivity index (χ1) is 13.0. The minimum atomic E-state index is -0.212. The maximum absolute atomic E-state index is 6.14. The van der Waals surface area contributed by atoms with Crippen LogP contribution in [0.2, 0.25) is 0 Å². The Bertz CT molecular complexity index is 760. The van der Waals surface area contributed by atoms with Gasteiger partial charge in [-0.05, 0) is 38.8 Å². The van der Waals surface area contributed by atoms with Crippen molar-refractivity contribution >= 4 is 29.9 Å². The first-order valence-electron chi connectivity index (χ1n) is 9.77. The van der Waals surface area contributed by atoms with E-state index in [1.54, 1.807) is 0 Å². The van der Waals surface area contributed by atoms with Crippen LogP contribution in [0, 0.1) is 5.92 Å². The fourth-order valence-electron chi connectivity index (χ4n) is 3.45. The molecule has 28 heavy (non-hydrogen) atoms. The smallest absolute Gasteiger partial charge is 0.191 e. The molecule has 1 aromatic carbocycles. The highest BCUT2D eigenvalue weighted by Gasteiger charge is 2.33. The Morgan fingerprint density at radius 1 is 1.36 bits per heavy atom.